The SMILES string of the molecule is Cc1ccc(Oc2ccc(NC(=O)CCC3CCCCC3)cc2)nn1. The van der Waals surface area contributed by atoms with E-state index in [0.29, 0.717) is 18.1 Å². The van der Waals surface area contributed by atoms with E-state index in [-0.39, 0.29) is 5.91 Å². The van der Waals surface area contributed by atoms with Crippen molar-refractivity contribution in [2.45, 2.75) is 51.9 Å². The Bertz CT molecular complexity index is 677. The van der Waals surface area contributed by atoms with Gasteiger partial charge in [-0.05, 0) is 49.6 Å². The van der Waals surface area contributed by atoms with Gasteiger partial charge in [0.1, 0.15) is 5.75 Å². The van der Waals surface area contributed by atoms with E-state index in [9.17, 15) is 4.79 Å². The molecule has 1 aromatic heterocycles. The second-order valence-corrected chi connectivity index (χ2v) is 6.73. The molecule has 0 unspecified atom stereocenters. The summed E-state index contributed by atoms with van der Waals surface area (Å²) in [6, 6.07) is 11.0. The molecule has 0 radical (unpaired) electrons. The number of hydrogen-bond acceptors (Lipinski definition) is 4. The predicted molar refractivity (Wildman–Crippen MR) is 97.7 cm³/mol. The number of carbonyl (C=O) groups excluding carboxylic acids is 1. The monoisotopic (exact) mass is 339 g/mol. The van der Waals surface area contributed by atoms with E-state index < -0.39 is 0 Å². The van der Waals surface area contributed by atoms with Crippen LogP contribution in [0.4, 0.5) is 5.69 Å². The van der Waals surface area contributed by atoms with E-state index in [4.69, 9.17) is 4.74 Å². The first-order chi connectivity index (χ1) is 12.2. The number of ether oxygens (including phenoxy) is 1. The van der Waals surface area contributed by atoms with Crippen LogP contribution in [-0.2, 0) is 4.79 Å². The van der Waals surface area contributed by atoms with Gasteiger partial charge in [0.15, 0.2) is 0 Å². The van der Waals surface area contributed by atoms with Gasteiger partial charge in [-0.3, -0.25) is 4.79 Å². The van der Waals surface area contributed by atoms with Crippen molar-refractivity contribution in [2.75, 3.05) is 5.32 Å². The van der Waals surface area contributed by atoms with Crippen LogP contribution in [0.25, 0.3) is 0 Å². The number of amides is 1. The summed E-state index contributed by atoms with van der Waals surface area (Å²) in [5, 5.41) is 10.9. The summed E-state index contributed by atoms with van der Waals surface area (Å²) in [6.45, 7) is 1.88. The number of hydrogen-bond donors (Lipinski definition) is 1. The highest BCUT2D eigenvalue weighted by atomic mass is 16.5. The Labute approximate surface area is 148 Å². The molecule has 3 rings (SSSR count). The van der Waals surface area contributed by atoms with Crippen LogP contribution in [0.2, 0.25) is 0 Å². The van der Waals surface area contributed by atoms with Crippen molar-refractivity contribution in [3.63, 3.8) is 0 Å². The van der Waals surface area contributed by atoms with Crippen LogP contribution in [0.3, 0.4) is 0 Å². The maximum absolute atomic E-state index is 12.1. The normalized spacial score (nSPS) is 14.9. The highest BCUT2D eigenvalue weighted by Crippen LogP contribution is 2.27. The molecule has 1 aromatic carbocycles. The van der Waals surface area contributed by atoms with Crippen molar-refractivity contribution in [1.82, 2.24) is 10.2 Å². The van der Waals surface area contributed by atoms with Crippen molar-refractivity contribution < 1.29 is 9.53 Å². The molecule has 5 heteroatoms. The molecular formula is C20H25N3O2. The topological polar surface area (TPSA) is 64.1 Å². The van der Waals surface area contributed by atoms with E-state index in [1.54, 1.807) is 6.07 Å². The number of aromatic nitrogens is 2. The van der Waals surface area contributed by atoms with Gasteiger partial charge in [0.25, 0.3) is 0 Å². The quantitative estimate of drug-likeness (QED) is 0.815. The van der Waals surface area contributed by atoms with E-state index >= 15 is 0 Å². The molecule has 1 heterocycles. The smallest absolute Gasteiger partial charge is 0.238 e. The number of rotatable bonds is 6. The first-order valence-electron chi connectivity index (χ1n) is 9.07. The molecule has 0 spiro atoms. The lowest BCUT2D eigenvalue weighted by atomic mass is 9.86. The zero-order chi connectivity index (χ0) is 17.5. The minimum atomic E-state index is 0.0867. The van der Waals surface area contributed by atoms with Crippen LogP contribution in [-0.4, -0.2) is 16.1 Å². The minimum absolute atomic E-state index is 0.0867. The lowest BCUT2D eigenvalue weighted by Crippen LogP contribution is -2.14. The number of aryl methyl sites for hydroxylation is 1. The summed E-state index contributed by atoms with van der Waals surface area (Å²) in [5.41, 5.74) is 1.63. The first-order valence-corrected chi connectivity index (χ1v) is 9.07. The lowest BCUT2D eigenvalue weighted by molar-refractivity contribution is -0.116. The van der Waals surface area contributed by atoms with Gasteiger partial charge in [-0.2, -0.15) is 5.10 Å². The Hall–Kier alpha value is -2.43. The van der Waals surface area contributed by atoms with E-state index in [1.165, 1.54) is 32.1 Å². The number of nitrogens with one attached hydrogen (secondary N) is 1. The van der Waals surface area contributed by atoms with Gasteiger partial charge in [-0.15, -0.1) is 5.10 Å². The molecule has 0 bridgehead atoms. The molecule has 0 atom stereocenters. The maximum Gasteiger partial charge on any atom is 0.238 e. The number of carbonyl (C=O) groups is 1. The van der Waals surface area contributed by atoms with Crippen LogP contribution in [0.15, 0.2) is 36.4 Å². The molecule has 1 fully saturated rings. The standard InChI is InChI=1S/C20H25N3O2/c1-15-7-14-20(23-22-15)25-18-11-9-17(10-12-18)21-19(24)13-8-16-5-3-2-4-6-16/h7,9-12,14,16H,2-6,8,13H2,1H3,(H,21,24). The third-order valence-corrected chi connectivity index (χ3v) is 4.64. The van der Waals surface area contributed by atoms with Crippen molar-refractivity contribution in [1.29, 1.82) is 0 Å². The second kappa shape index (κ2) is 8.60. The summed E-state index contributed by atoms with van der Waals surface area (Å²) < 4.78 is 5.63. The van der Waals surface area contributed by atoms with Gasteiger partial charge in [0.05, 0.1) is 5.69 Å². The summed E-state index contributed by atoms with van der Waals surface area (Å²) >= 11 is 0. The maximum atomic E-state index is 12.1. The fourth-order valence-electron chi connectivity index (χ4n) is 3.20. The highest BCUT2D eigenvalue weighted by molar-refractivity contribution is 5.90. The molecule has 25 heavy (non-hydrogen) atoms. The van der Waals surface area contributed by atoms with Crippen molar-refractivity contribution >= 4 is 11.6 Å². The average molecular weight is 339 g/mol. The largest absolute Gasteiger partial charge is 0.438 e. The van der Waals surface area contributed by atoms with E-state index in [1.807, 2.05) is 37.3 Å². The number of nitrogens with zero attached hydrogens (tertiary/aromatic N) is 2. The Kier molecular flexibility index (Phi) is 5.99. The van der Waals surface area contributed by atoms with Crippen molar-refractivity contribution in [3.05, 3.63) is 42.1 Å². The van der Waals surface area contributed by atoms with Crippen LogP contribution < -0.4 is 10.1 Å². The summed E-state index contributed by atoms with van der Waals surface area (Å²) in [7, 11) is 0. The molecule has 0 saturated heterocycles. The van der Waals surface area contributed by atoms with Crippen molar-refractivity contribution in [2.24, 2.45) is 5.92 Å². The average Bonchev–Trinajstić information content (AvgIpc) is 2.64. The molecule has 132 valence electrons. The summed E-state index contributed by atoms with van der Waals surface area (Å²) in [6.07, 6.45) is 8.15. The zero-order valence-corrected chi connectivity index (χ0v) is 14.7. The fraction of sp³-hybridized carbons (Fsp3) is 0.450. The van der Waals surface area contributed by atoms with Gasteiger partial charge in [-0.25, -0.2) is 0 Å². The van der Waals surface area contributed by atoms with Crippen LogP contribution in [0.5, 0.6) is 11.6 Å². The van der Waals surface area contributed by atoms with Gasteiger partial charge >= 0.3 is 0 Å². The number of benzene rings is 1. The molecule has 1 saturated carbocycles. The first kappa shape index (κ1) is 17.4. The third-order valence-electron chi connectivity index (χ3n) is 4.64. The van der Waals surface area contributed by atoms with Crippen LogP contribution in [0.1, 0.15) is 50.6 Å². The van der Waals surface area contributed by atoms with Crippen LogP contribution in [0, 0.1) is 12.8 Å². The minimum Gasteiger partial charge on any atom is -0.438 e. The van der Waals surface area contributed by atoms with Gasteiger partial charge in [0, 0.05) is 18.2 Å². The Morgan fingerprint density at radius 1 is 1.08 bits per heavy atom. The molecule has 1 aliphatic rings. The molecule has 1 N–H and O–H groups in total. The molecule has 2 aromatic rings. The van der Waals surface area contributed by atoms with Gasteiger partial charge in [0.2, 0.25) is 11.8 Å². The third kappa shape index (κ3) is 5.55. The molecule has 5 nitrogen and oxygen atoms in total. The highest BCUT2D eigenvalue weighted by Gasteiger charge is 2.14. The zero-order valence-electron chi connectivity index (χ0n) is 14.7. The molecule has 1 aliphatic carbocycles. The lowest BCUT2D eigenvalue weighted by Gasteiger charge is -2.21. The van der Waals surface area contributed by atoms with E-state index in [0.717, 1.165) is 23.7 Å². The Balaban J connectivity index is 1.46. The summed E-state index contributed by atoms with van der Waals surface area (Å²) in [5.74, 6) is 1.93. The Morgan fingerprint density at radius 3 is 2.52 bits per heavy atom. The molecular weight excluding hydrogens is 314 g/mol. The summed E-state index contributed by atoms with van der Waals surface area (Å²) in [4.78, 5) is 12.1. The van der Waals surface area contributed by atoms with Crippen molar-refractivity contribution in [3.8, 4) is 11.6 Å². The fourth-order valence-corrected chi connectivity index (χ4v) is 3.20. The Morgan fingerprint density at radius 2 is 1.84 bits per heavy atom. The molecule has 1 amide bonds. The molecule has 0 aliphatic heterocycles. The predicted octanol–water partition coefficient (Wildman–Crippen LogP) is 4.88. The van der Waals surface area contributed by atoms with E-state index in [2.05, 4.69) is 15.5 Å². The van der Waals surface area contributed by atoms with Gasteiger partial charge < -0.3 is 10.1 Å². The second-order valence-electron chi connectivity index (χ2n) is 6.73. The van der Waals surface area contributed by atoms with Crippen LogP contribution >= 0.6 is 0 Å². The van der Waals surface area contributed by atoms with Gasteiger partial charge in [-0.1, -0.05) is 32.1 Å². The number of anilines is 1.